The first-order valence-corrected chi connectivity index (χ1v) is 9.51. The van der Waals surface area contributed by atoms with Gasteiger partial charge in [-0.1, -0.05) is 0 Å². The van der Waals surface area contributed by atoms with Crippen molar-refractivity contribution >= 4 is 28.3 Å². The fourth-order valence-electron chi connectivity index (χ4n) is 3.84. The number of alkyl halides is 3. The van der Waals surface area contributed by atoms with Crippen molar-refractivity contribution in [3.05, 3.63) is 47.8 Å². The Kier molecular flexibility index (Phi) is 5.02. The first-order valence-electron chi connectivity index (χ1n) is 9.51. The van der Waals surface area contributed by atoms with E-state index in [4.69, 9.17) is 11.6 Å². The monoisotopic (exact) mass is 434 g/mol. The molecule has 1 aliphatic heterocycles. The number of aliphatic hydroxyl groups excluding tert-OH is 1. The normalized spacial score (nSPS) is 16.8. The maximum atomic E-state index is 12.9. The number of rotatable bonds is 3. The van der Waals surface area contributed by atoms with Crippen LogP contribution in [0.25, 0.3) is 16.6 Å². The van der Waals surface area contributed by atoms with Gasteiger partial charge in [0.05, 0.1) is 29.2 Å². The fraction of sp³-hybridized carbons (Fsp3) is 0.300. The van der Waals surface area contributed by atoms with Crippen LogP contribution in [0.1, 0.15) is 22.5 Å². The summed E-state index contributed by atoms with van der Waals surface area (Å²) in [5.41, 5.74) is 6.87. The van der Waals surface area contributed by atoms with Gasteiger partial charge in [-0.25, -0.2) is 10.8 Å². The van der Waals surface area contributed by atoms with E-state index in [-0.39, 0.29) is 18.1 Å². The molecule has 1 fully saturated rings. The number of pyridine rings is 1. The molecule has 8 nitrogen and oxygen atoms in total. The molecule has 31 heavy (non-hydrogen) atoms. The zero-order chi connectivity index (χ0) is 22.5. The second kappa shape index (κ2) is 7.43. The van der Waals surface area contributed by atoms with Gasteiger partial charge in [0.2, 0.25) is 0 Å². The molecule has 11 heteroatoms. The number of β-amino-alcohol motifs (C(OH)–C–C–N with tert-alkyl or cyclic N) is 1. The van der Waals surface area contributed by atoms with Crippen LogP contribution in [0.5, 0.6) is 0 Å². The highest BCUT2D eigenvalue weighted by molar-refractivity contribution is 6.05. The minimum atomic E-state index is -4.55. The highest BCUT2D eigenvalue weighted by Gasteiger charge is 2.32. The molecule has 3 heterocycles. The van der Waals surface area contributed by atoms with Crippen molar-refractivity contribution in [1.29, 1.82) is 0 Å². The van der Waals surface area contributed by atoms with Crippen molar-refractivity contribution in [2.24, 2.45) is 5.84 Å². The first-order chi connectivity index (χ1) is 14.6. The number of anilines is 2. The average Bonchev–Trinajstić information content (AvgIpc) is 3.28. The van der Waals surface area contributed by atoms with Gasteiger partial charge in [-0.05, 0) is 36.8 Å². The Hall–Kier alpha value is -3.31. The fourth-order valence-corrected chi connectivity index (χ4v) is 3.84. The molecular weight excluding hydrogens is 413 g/mol. The average molecular weight is 434 g/mol. The highest BCUT2D eigenvalue weighted by Crippen LogP contribution is 2.38. The van der Waals surface area contributed by atoms with Crippen molar-refractivity contribution < 1.29 is 23.1 Å². The molecule has 0 aliphatic carbocycles. The van der Waals surface area contributed by atoms with E-state index in [1.54, 1.807) is 34.7 Å². The van der Waals surface area contributed by atoms with Crippen molar-refractivity contribution in [2.75, 3.05) is 30.9 Å². The molecule has 1 unspecified atom stereocenters. The summed E-state index contributed by atoms with van der Waals surface area (Å²) in [5.74, 6) is 6.07. The Bertz CT molecular complexity index is 1140. The van der Waals surface area contributed by atoms with Gasteiger partial charge in [0.1, 0.15) is 5.69 Å². The van der Waals surface area contributed by atoms with Gasteiger partial charge < -0.3 is 15.7 Å². The number of nitrogens with two attached hydrogens (primary N) is 2. The van der Waals surface area contributed by atoms with Crippen LogP contribution in [0.3, 0.4) is 0 Å². The van der Waals surface area contributed by atoms with E-state index in [1.165, 1.54) is 11.1 Å². The van der Waals surface area contributed by atoms with E-state index in [2.05, 4.69) is 4.98 Å². The maximum absolute atomic E-state index is 12.9. The van der Waals surface area contributed by atoms with E-state index in [9.17, 15) is 23.1 Å². The number of aromatic nitrogens is 2. The van der Waals surface area contributed by atoms with Crippen LogP contribution in [-0.2, 0) is 6.18 Å². The van der Waals surface area contributed by atoms with Crippen LogP contribution < -0.4 is 16.6 Å². The topological polar surface area (TPSA) is 114 Å². The number of aliphatic hydroxyl groups is 1. The Morgan fingerprint density at radius 3 is 2.58 bits per heavy atom. The minimum absolute atomic E-state index is 0.232. The Morgan fingerprint density at radius 1 is 1.29 bits per heavy atom. The van der Waals surface area contributed by atoms with Crippen LogP contribution in [0.4, 0.5) is 24.7 Å². The number of amides is 1. The molecule has 0 saturated carbocycles. The summed E-state index contributed by atoms with van der Waals surface area (Å²) in [6, 6.07) is 7.07. The highest BCUT2D eigenvalue weighted by atomic mass is 19.4. The molecular formula is C20H21F3N6O2. The number of halogens is 3. The molecule has 1 aliphatic rings. The van der Waals surface area contributed by atoms with Gasteiger partial charge in [-0.3, -0.25) is 14.4 Å². The van der Waals surface area contributed by atoms with Crippen molar-refractivity contribution in [3.63, 3.8) is 0 Å². The molecule has 3 aromatic rings. The van der Waals surface area contributed by atoms with Crippen LogP contribution in [-0.4, -0.2) is 51.7 Å². The Morgan fingerprint density at radius 2 is 2.03 bits per heavy atom. The van der Waals surface area contributed by atoms with Crippen LogP contribution in [0.15, 0.2) is 36.5 Å². The minimum Gasteiger partial charge on any atom is -0.395 e. The second-order valence-corrected chi connectivity index (χ2v) is 7.51. The predicted molar refractivity (Wildman–Crippen MR) is 110 cm³/mol. The molecule has 1 atom stereocenters. The number of nitrogens with zero attached hydrogens (tertiary/aromatic N) is 4. The molecule has 1 amide bonds. The molecule has 164 valence electrons. The second-order valence-electron chi connectivity index (χ2n) is 7.51. The van der Waals surface area contributed by atoms with Crippen molar-refractivity contribution in [3.8, 4) is 5.69 Å². The number of likely N-dealkylation sites (tertiary alicyclic amines) is 1. The van der Waals surface area contributed by atoms with E-state index >= 15 is 0 Å². The number of hydrogen-bond acceptors (Lipinski definition) is 6. The van der Waals surface area contributed by atoms with E-state index in [1.807, 2.05) is 0 Å². The molecule has 1 saturated heterocycles. The standard InChI is InChI=1S/C20H21F3N6O2/c1-27(25)18-17(24)14-8-11(19(31)28-7-6-13(30)10-28)2-4-15(14)29(18)12-3-5-16(26-9-12)20(21,22)23/h2-5,8-9,13,30H,6-7,10,24-25H2,1H3. The Balaban J connectivity index is 1.82. The van der Waals surface area contributed by atoms with E-state index in [0.717, 1.165) is 12.3 Å². The van der Waals surface area contributed by atoms with Gasteiger partial charge in [0.25, 0.3) is 5.91 Å². The number of fused-ring (bicyclic) bond motifs is 1. The van der Waals surface area contributed by atoms with Crippen LogP contribution in [0, 0.1) is 0 Å². The maximum Gasteiger partial charge on any atom is 0.433 e. The van der Waals surface area contributed by atoms with E-state index < -0.39 is 18.0 Å². The summed E-state index contributed by atoms with van der Waals surface area (Å²) in [6.45, 7) is 0.726. The lowest BCUT2D eigenvalue weighted by molar-refractivity contribution is -0.141. The van der Waals surface area contributed by atoms with E-state index in [0.29, 0.717) is 40.9 Å². The lowest BCUT2D eigenvalue weighted by atomic mass is 10.1. The zero-order valence-electron chi connectivity index (χ0n) is 16.6. The third-order valence-electron chi connectivity index (χ3n) is 5.31. The van der Waals surface area contributed by atoms with Gasteiger partial charge >= 0.3 is 6.18 Å². The summed E-state index contributed by atoms with van der Waals surface area (Å²) in [4.78, 5) is 17.9. The molecule has 0 spiro atoms. The lowest BCUT2D eigenvalue weighted by Crippen LogP contribution is -2.29. The van der Waals surface area contributed by atoms with Gasteiger partial charge in [0.15, 0.2) is 5.82 Å². The van der Waals surface area contributed by atoms with Crippen LogP contribution >= 0.6 is 0 Å². The molecule has 5 N–H and O–H groups in total. The molecule has 1 aromatic carbocycles. The Labute approximate surface area is 175 Å². The molecule has 0 radical (unpaired) electrons. The molecule has 2 aromatic heterocycles. The van der Waals surface area contributed by atoms with Crippen molar-refractivity contribution in [2.45, 2.75) is 18.7 Å². The predicted octanol–water partition coefficient (Wildman–Crippen LogP) is 2.14. The summed E-state index contributed by atoms with van der Waals surface area (Å²) in [7, 11) is 1.55. The zero-order valence-corrected chi connectivity index (χ0v) is 16.6. The van der Waals surface area contributed by atoms with Gasteiger partial charge in [-0.15, -0.1) is 0 Å². The number of nitrogen functional groups attached to an aromatic ring is 1. The van der Waals surface area contributed by atoms with Crippen molar-refractivity contribution in [1.82, 2.24) is 14.5 Å². The summed E-state index contributed by atoms with van der Waals surface area (Å²) in [5, 5.41) is 11.5. The summed E-state index contributed by atoms with van der Waals surface area (Å²) < 4.78 is 40.3. The molecule has 4 rings (SSSR count). The first kappa shape index (κ1) is 20.9. The third-order valence-corrected chi connectivity index (χ3v) is 5.31. The lowest BCUT2D eigenvalue weighted by Gasteiger charge is -2.18. The SMILES string of the molecule is CN(N)c1c(N)c2cc(C(=O)N3CCC(O)C3)ccc2n1-c1ccc(C(F)(F)F)nc1. The van der Waals surface area contributed by atoms with Crippen LogP contribution in [0.2, 0.25) is 0 Å². The largest absolute Gasteiger partial charge is 0.433 e. The smallest absolute Gasteiger partial charge is 0.395 e. The summed E-state index contributed by atoms with van der Waals surface area (Å²) >= 11 is 0. The number of carbonyl (C=O) groups is 1. The number of carbonyl (C=O) groups excluding carboxylic acids is 1. The van der Waals surface area contributed by atoms with Gasteiger partial charge in [-0.2, -0.15) is 13.2 Å². The van der Waals surface area contributed by atoms with Gasteiger partial charge in [0, 0.05) is 31.1 Å². The quantitative estimate of drug-likeness (QED) is 0.430. The molecule has 0 bridgehead atoms. The number of hydrazine groups is 1. The summed E-state index contributed by atoms with van der Waals surface area (Å²) in [6.07, 6.45) is -3.47. The third kappa shape index (κ3) is 3.66. The number of benzene rings is 1. The number of hydrogen-bond donors (Lipinski definition) is 3.